The molecule has 0 amide bonds. The minimum Gasteiger partial charge on any atom is -0.294 e. The maximum Gasteiger partial charge on any atom is 0.167 e. The summed E-state index contributed by atoms with van der Waals surface area (Å²) in [5, 5.41) is 2.45. The van der Waals surface area contributed by atoms with E-state index in [2.05, 4.69) is 30.5 Å². The van der Waals surface area contributed by atoms with Crippen LogP contribution in [0.2, 0.25) is 0 Å². The fourth-order valence-corrected chi connectivity index (χ4v) is 3.38. The molecule has 0 spiro atoms. The lowest BCUT2D eigenvalue weighted by Crippen LogP contribution is -2.04. The van der Waals surface area contributed by atoms with Gasteiger partial charge in [-0.1, -0.05) is 66.7 Å². The maximum atomic E-state index is 12.4. The van der Waals surface area contributed by atoms with Crippen LogP contribution < -0.4 is 0 Å². The summed E-state index contributed by atoms with van der Waals surface area (Å²) in [7, 11) is 0. The van der Waals surface area contributed by atoms with Crippen LogP contribution in [0.25, 0.3) is 10.8 Å². The summed E-state index contributed by atoms with van der Waals surface area (Å²) in [6.07, 6.45) is 2.52. The third-order valence-electron chi connectivity index (χ3n) is 3.61. The van der Waals surface area contributed by atoms with Crippen molar-refractivity contribution in [3.8, 4) is 0 Å². The number of fused-ring (bicyclic) bond motifs is 1. The van der Waals surface area contributed by atoms with Crippen molar-refractivity contribution in [2.75, 3.05) is 6.26 Å². The lowest BCUT2D eigenvalue weighted by atomic mass is 10.00. The van der Waals surface area contributed by atoms with Crippen molar-refractivity contribution < 1.29 is 4.79 Å². The van der Waals surface area contributed by atoms with Gasteiger partial charge in [0.25, 0.3) is 0 Å². The number of benzene rings is 3. The molecule has 0 bridgehead atoms. The number of carbonyl (C=O) groups is 1. The summed E-state index contributed by atoms with van der Waals surface area (Å²) in [4.78, 5) is 13.6. The zero-order valence-corrected chi connectivity index (χ0v) is 12.7. The molecule has 1 nitrogen and oxygen atoms in total. The number of Topliss-reactive ketones (excluding diaryl/α,β-unsaturated/α-hetero) is 1. The van der Waals surface area contributed by atoms with Crippen molar-refractivity contribution in [2.24, 2.45) is 0 Å². The summed E-state index contributed by atoms with van der Waals surface area (Å²) >= 11 is 1.71. The zero-order chi connectivity index (χ0) is 14.7. The Morgan fingerprint density at radius 2 is 1.62 bits per heavy atom. The molecule has 3 aromatic carbocycles. The molecule has 0 unspecified atom stereocenters. The molecular formula is C19H16OS. The standard InChI is InChI=1S/C19H16OS/c1-21-19-16(12-11-14-7-5-6-10-17(14)19)13-18(20)15-8-3-2-4-9-15/h2-12H,13H2,1H3. The van der Waals surface area contributed by atoms with Crippen LogP contribution in [0, 0.1) is 0 Å². The van der Waals surface area contributed by atoms with E-state index in [0.717, 1.165) is 11.1 Å². The molecule has 0 saturated heterocycles. The predicted octanol–water partition coefficient (Wildman–Crippen LogP) is 4.99. The maximum absolute atomic E-state index is 12.4. The summed E-state index contributed by atoms with van der Waals surface area (Å²) in [6, 6.07) is 22.0. The SMILES string of the molecule is CSc1c(CC(=O)c2ccccc2)ccc2ccccc12. The molecule has 3 aromatic rings. The lowest BCUT2D eigenvalue weighted by Gasteiger charge is -2.10. The van der Waals surface area contributed by atoms with Gasteiger partial charge in [0.1, 0.15) is 0 Å². The number of carbonyl (C=O) groups excluding carboxylic acids is 1. The van der Waals surface area contributed by atoms with Crippen LogP contribution in [0.15, 0.2) is 71.6 Å². The molecule has 0 radical (unpaired) electrons. The summed E-state index contributed by atoms with van der Waals surface area (Å²) in [5.74, 6) is 0.168. The van der Waals surface area contributed by atoms with Crippen LogP contribution in [0.5, 0.6) is 0 Å². The van der Waals surface area contributed by atoms with Gasteiger partial charge < -0.3 is 0 Å². The van der Waals surface area contributed by atoms with Gasteiger partial charge >= 0.3 is 0 Å². The predicted molar refractivity (Wildman–Crippen MR) is 90.2 cm³/mol. The molecule has 0 atom stereocenters. The van der Waals surface area contributed by atoms with Gasteiger partial charge in [-0.2, -0.15) is 0 Å². The van der Waals surface area contributed by atoms with Crippen LogP contribution in [0.3, 0.4) is 0 Å². The third kappa shape index (κ3) is 2.86. The van der Waals surface area contributed by atoms with Gasteiger partial charge in [-0.15, -0.1) is 11.8 Å². The minimum atomic E-state index is 0.168. The lowest BCUT2D eigenvalue weighted by molar-refractivity contribution is 0.0992. The molecule has 2 heteroatoms. The Hall–Kier alpha value is -2.06. The van der Waals surface area contributed by atoms with Crippen molar-refractivity contribution in [1.29, 1.82) is 0 Å². The average molecular weight is 292 g/mol. The van der Waals surface area contributed by atoms with Crippen molar-refractivity contribution in [1.82, 2.24) is 0 Å². The first-order chi connectivity index (χ1) is 10.3. The molecule has 0 N–H and O–H groups in total. The molecule has 0 fully saturated rings. The second kappa shape index (κ2) is 6.15. The number of hydrogen-bond donors (Lipinski definition) is 0. The van der Waals surface area contributed by atoms with E-state index in [1.807, 2.05) is 42.5 Å². The van der Waals surface area contributed by atoms with Crippen LogP contribution in [-0.2, 0) is 6.42 Å². The molecule has 3 rings (SSSR count). The minimum absolute atomic E-state index is 0.168. The molecule has 0 aliphatic carbocycles. The number of rotatable bonds is 4. The highest BCUT2D eigenvalue weighted by molar-refractivity contribution is 7.98. The first kappa shape index (κ1) is 13.9. The number of hydrogen-bond acceptors (Lipinski definition) is 2. The fourth-order valence-electron chi connectivity index (χ4n) is 2.57. The topological polar surface area (TPSA) is 17.1 Å². The smallest absolute Gasteiger partial charge is 0.167 e. The average Bonchev–Trinajstić information content (AvgIpc) is 2.55. The number of ketones is 1. The quantitative estimate of drug-likeness (QED) is 0.498. The van der Waals surface area contributed by atoms with Gasteiger partial charge in [0.05, 0.1) is 0 Å². The van der Waals surface area contributed by atoms with Crippen LogP contribution in [-0.4, -0.2) is 12.0 Å². The Labute approximate surface area is 129 Å². The third-order valence-corrected chi connectivity index (χ3v) is 4.50. The van der Waals surface area contributed by atoms with E-state index in [1.54, 1.807) is 11.8 Å². The van der Waals surface area contributed by atoms with Crippen molar-refractivity contribution in [2.45, 2.75) is 11.3 Å². The highest BCUT2D eigenvalue weighted by Crippen LogP contribution is 2.30. The highest BCUT2D eigenvalue weighted by atomic mass is 32.2. The summed E-state index contributed by atoms with van der Waals surface area (Å²) in [6.45, 7) is 0. The molecule has 0 aromatic heterocycles. The van der Waals surface area contributed by atoms with Gasteiger partial charge in [0.15, 0.2) is 5.78 Å². The van der Waals surface area contributed by atoms with E-state index in [9.17, 15) is 4.79 Å². The van der Waals surface area contributed by atoms with Crippen LogP contribution in [0.4, 0.5) is 0 Å². The monoisotopic (exact) mass is 292 g/mol. The van der Waals surface area contributed by atoms with Crippen molar-refractivity contribution in [3.05, 3.63) is 77.9 Å². The normalized spacial score (nSPS) is 10.7. The van der Waals surface area contributed by atoms with Gasteiger partial charge in [0.2, 0.25) is 0 Å². The Morgan fingerprint density at radius 3 is 2.38 bits per heavy atom. The molecule has 0 aliphatic rings. The molecule has 0 aliphatic heterocycles. The van der Waals surface area contributed by atoms with E-state index < -0.39 is 0 Å². The first-order valence-electron chi connectivity index (χ1n) is 6.92. The van der Waals surface area contributed by atoms with Crippen molar-refractivity contribution >= 4 is 28.3 Å². The molecule has 104 valence electrons. The molecule has 0 heterocycles. The summed E-state index contributed by atoms with van der Waals surface area (Å²) in [5.41, 5.74) is 1.88. The number of thioether (sulfide) groups is 1. The highest BCUT2D eigenvalue weighted by Gasteiger charge is 2.12. The van der Waals surface area contributed by atoms with Gasteiger partial charge in [-0.05, 0) is 22.6 Å². The fraction of sp³-hybridized carbons (Fsp3) is 0.105. The summed E-state index contributed by atoms with van der Waals surface area (Å²) < 4.78 is 0. The molecule has 0 saturated carbocycles. The van der Waals surface area contributed by atoms with E-state index in [4.69, 9.17) is 0 Å². The van der Waals surface area contributed by atoms with E-state index in [0.29, 0.717) is 6.42 Å². The van der Waals surface area contributed by atoms with E-state index in [1.165, 1.54) is 15.7 Å². The Balaban J connectivity index is 1.99. The van der Waals surface area contributed by atoms with Crippen molar-refractivity contribution in [3.63, 3.8) is 0 Å². The Kier molecular flexibility index (Phi) is 4.07. The van der Waals surface area contributed by atoms with E-state index in [-0.39, 0.29) is 5.78 Å². The van der Waals surface area contributed by atoms with Gasteiger partial charge in [0, 0.05) is 16.9 Å². The molecular weight excluding hydrogens is 276 g/mol. The van der Waals surface area contributed by atoms with Gasteiger partial charge in [-0.25, -0.2) is 0 Å². The second-order valence-electron chi connectivity index (χ2n) is 4.95. The van der Waals surface area contributed by atoms with E-state index >= 15 is 0 Å². The van der Waals surface area contributed by atoms with Crippen LogP contribution in [0.1, 0.15) is 15.9 Å². The Morgan fingerprint density at radius 1 is 0.905 bits per heavy atom. The zero-order valence-electron chi connectivity index (χ0n) is 11.9. The second-order valence-corrected chi connectivity index (χ2v) is 5.76. The van der Waals surface area contributed by atoms with Crippen LogP contribution >= 0.6 is 11.8 Å². The first-order valence-corrected chi connectivity index (χ1v) is 8.15. The van der Waals surface area contributed by atoms with Gasteiger partial charge in [-0.3, -0.25) is 4.79 Å². The molecule has 21 heavy (non-hydrogen) atoms. The Bertz CT molecular complexity index is 778. The largest absolute Gasteiger partial charge is 0.294 e.